The number of para-hydroxylation sites is 1. The highest BCUT2D eigenvalue weighted by molar-refractivity contribution is 6.12. The first-order chi connectivity index (χ1) is 19.4. The highest BCUT2D eigenvalue weighted by Gasteiger charge is 2.34. The molecule has 5 rings (SSSR count). The van der Waals surface area contributed by atoms with E-state index in [-0.39, 0.29) is 35.8 Å². The lowest BCUT2D eigenvalue weighted by Gasteiger charge is -2.34. The molecule has 3 aromatic carbocycles. The summed E-state index contributed by atoms with van der Waals surface area (Å²) in [6, 6.07) is 13.0. The van der Waals surface area contributed by atoms with Crippen LogP contribution in [-0.4, -0.2) is 23.0 Å². The Balaban J connectivity index is 1.53. The Bertz CT molecular complexity index is 1600. The zero-order chi connectivity index (χ0) is 29.5. The van der Waals surface area contributed by atoms with Crippen LogP contribution in [0.1, 0.15) is 67.9 Å². The first kappa shape index (κ1) is 28.5. The van der Waals surface area contributed by atoms with E-state index in [0.29, 0.717) is 39.1 Å². The van der Waals surface area contributed by atoms with E-state index in [9.17, 15) is 27.9 Å². The van der Waals surface area contributed by atoms with Crippen LogP contribution in [0.15, 0.2) is 59.0 Å². The van der Waals surface area contributed by atoms with Gasteiger partial charge < -0.3 is 19.2 Å². The Labute approximate surface area is 235 Å². The maximum absolute atomic E-state index is 13.7. The Hall–Kier alpha value is -4.01. The maximum atomic E-state index is 13.7. The molecule has 216 valence electrons. The lowest BCUT2D eigenvalue weighted by molar-refractivity contribution is -0.139. The predicted octanol–water partition coefficient (Wildman–Crippen LogP) is 8.45. The molecule has 0 radical (unpaired) electrons. The number of fused-ring (bicyclic) bond motifs is 3. The number of benzene rings is 3. The van der Waals surface area contributed by atoms with Crippen LogP contribution in [0.25, 0.3) is 21.9 Å². The van der Waals surface area contributed by atoms with Crippen molar-refractivity contribution >= 4 is 39.5 Å². The molecule has 1 amide bonds. The third-order valence-corrected chi connectivity index (χ3v) is 7.85. The number of halogens is 3. The number of alkyl halides is 3. The number of hydrogen-bond donors (Lipinski definition) is 1. The molecular formula is C32H32F3NO5. The number of rotatable bonds is 7. The molecule has 4 aromatic rings. The molecule has 0 aliphatic heterocycles. The maximum Gasteiger partial charge on any atom is 0.419 e. The van der Waals surface area contributed by atoms with E-state index in [1.165, 1.54) is 24.3 Å². The molecule has 0 unspecified atom stereocenters. The molecule has 1 aromatic heterocycles. The van der Waals surface area contributed by atoms with Crippen molar-refractivity contribution in [3.63, 3.8) is 0 Å². The van der Waals surface area contributed by atoms with Crippen molar-refractivity contribution in [3.8, 4) is 5.75 Å². The monoisotopic (exact) mass is 567 g/mol. The van der Waals surface area contributed by atoms with Crippen LogP contribution in [0.5, 0.6) is 5.75 Å². The minimum Gasteiger partial charge on any atom is -0.488 e. The van der Waals surface area contributed by atoms with Gasteiger partial charge in [0.15, 0.2) is 0 Å². The fourth-order valence-corrected chi connectivity index (χ4v) is 5.66. The van der Waals surface area contributed by atoms with Gasteiger partial charge >= 0.3 is 12.1 Å². The molecule has 1 fully saturated rings. The van der Waals surface area contributed by atoms with Gasteiger partial charge in [0, 0.05) is 22.7 Å². The SMILES string of the molecule is CC1CCC(C(=O)N(c2cc3c(cc2C(=O)O)oc2ccc(COc4ccccc4C(F)(F)F)cc23)C(C)C)CC1. The second-order valence-electron chi connectivity index (χ2n) is 11.1. The van der Waals surface area contributed by atoms with E-state index in [1.807, 2.05) is 13.8 Å². The van der Waals surface area contributed by atoms with Gasteiger partial charge in [-0.1, -0.05) is 25.1 Å². The summed E-state index contributed by atoms with van der Waals surface area (Å²) in [6.45, 7) is 5.78. The van der Waals surface area contributed by atoms with E-state index in [0.717, 1.165) is 31.7 Å². The van der Waals surface area contributed by atoms with E-state index < -0.39 is 17.7 Å². The zero-order valence-electron chi connectivity index (χ0n) is 23.1. The van der Waals surface area contributed by atoms with E-state index in [1.54, 1.807) is 29.2 Å². The fraction of sp³-hybridized carbons (Fsp3) is 0.375. The summed E-state index contributed by atoms with van der Waals surface area (Å²) in [5.41, 5.74) is 0.837. The van der Waals surface area contributed by atoms with Crippen molar-refractivity contribution in [3.05, 3.63) is 71.3 Å². The van der Waals surface area contributed by atoms with Crippen LogP contribution >= 0.6 is 0 Å². The molecular weight excluding hydrogens is 535 g/mol. The van der Waals surface area contributed by atoms with Crippen molar-refractivity contribution in [2.24, 2.45) is 11.8 Å². The van der Waals surface area contributed by atoms with Crippen molar-refractivity contribution in [1.82, 2.24) is 0 Å². The van der Waals surface area contributed by atoms with E-state index in [2.05, 4.69) is 6.92 Å². The number of amides is 1. The second-order valence-corrected chi connectivity index (χ2v) is 11.1. The average Bonchev–Trinajstić information content (AvgIpc) is 3.28. The summed E-state index contributed by atoms with van der Waals surface area (Å²) in [4.78, 5) is 27.7. The minimum absolute atomic E-state index is 0.0323. The molecule has 6 nitrogen and oxygen atoms in total. The fourth-order valence-electron chi connectivity index (χ4n) is 5.66. The van der Waals surface area contributed by atoms with Crippen molar-refractivity contribution < 1.29 is 37.0 Å². The van der Waals surface area contributed by atoms with Crippen molar-refractivity contribution in [1.29, 1.82) is 0 Å². The predicted molar refractivity (Wildman–Crippen MR) is 150 cm³/mol. The van der Waals surface area contributed by atoms with Gasteiger partial charge in [0.25, 0.3) is 0 Å². The first-order valence-electron chi connectivity index (χ1n) is 13.8. The molecule has 9 heteroatoms. The summed E-state index contributed by atoms with van der Waals surface area (Å²) in [6.07, 6.45) is -1.10. The van der Waals surface area contributed by atoms with Gasteiger partial charge in [-0.25, -0.2) is 4.79 Å². The number of carboxylic acid groups (broad SMARTS) is 1. The molecule has 1 saturated carbocycles. The molecule has 1 heterocycles. The minimum atomic E-state index is -4.55. The number of aromatic carboxylic acids is 1. The average molecular weight is 568 g/mol. The summed E-state index contributed by atoms with van der Waals surface area (Å²) >= 11 is 0. The third-order valence-electron chi connectivity index (χ3n) is 7.85. The van der Waals surface area contributed by atoms with E-state index >= 15 is 0 Å². The Morgan fingerprint density at radius 1 is 1.00 bits per heavy atom. The number of carbonyl (C=O) groups excluding carboxylic acids is 1. The zero-order valence-corrected chi connectivity index (χ0v) is 23.1. The van der Waals surface area contributed by atoms with Gasteiger partial charge in [-0.05, 0) is 87.4 Å². The Morgan fingerprint density at radius 2 is 1.68 bits per heavy atom. The molecule has 0 atom stereocenters. The molecule has 0 saturated heterocycles. The highest BCUT2D eigenvalue weighted by Crippen LogP contribution is 2.39. The number of anilines is 1. The van der Waals surface area contributed by atoms with Crippen LogP contribution < -0.4 is 9.64 Å². The van der Waals surface area contributed by atoms with Gasteiger partial charge in [-0.3, -0.25) is 4.79 Å². The summed E-state index contributed by atoms with van der Waals surface area (Å²) in [5.74, 6) is -1.13. The van der Waals surface area contributed by atoms with Crippen LogP contribution in [-0.2, 0) is 17.6 Å². The molecule has 0 spiro atoms. The number of furan rings is 1. The molecule has 0 bridgehead atoms. The van der Waals surface area contributed by atoms with Gasteiger partial charge in [0.05, 0.1) is 16.8 Å². The van der Waals surface area contributed by atoms with Crippen LogP contribution in [0, 0.1) is 11.8 Å². The van der Waals surface area contributed by atoms with Crippen LogP contribution in [0.3, 0.4) is 0 Å². The number of carbonyl (C=O) groups is 2. The standard InChI is InChI=1S/C32H32F3NO5/c1-18(2)36(30(37)21-11-8-19(3)9-12-21)26-15-23-22-14-20(10-13-27(22)41-29(23)16-24(26)31(38)39)17-40-28-7-5-4-6-25(28)32(33,34)35/h4-7,10,13-16,18-19,21H,8-9,11-12,17H2,1-3H3,(H,38,39). The van der Waals surface area contributed by atoms with Gasteiger partial charge in [0.2, 0.25) is 5.91 Å². The molecule has 41 heavy (non-hydrogen) atoms. The van der Waals surface area contributed by atoms with E-state index in [4.69, 9.17) is 9.15 Å². The lowest BCUT2D eigenvalue weighted by atomic mass is 9.82. The molecule has 1 aliphatic rings. The van der Waals surface area contributed by atoms with Crippen LogP contribution in [0.2, 0.25) is 0 Å². The molecule has 1 aliphatic carbocycles. The molecule has 1 N–H and O–H groups in total. The largest absolute Gasteiger partial charge is 0.488 e. The second kappa shape index (κ2) is 11.1. The quantitative estimate of drug-likeness (QED) is 0.242. The van der Waals surface area contributed by atoms with Gasteiger partial charge in [0.1, 0.15) is 23.5 Å². The Morgan fingerprint density at radius 3 is 2.34 bits per heavy atom. The Kier molecular flexibility index (Phi) is 7.72. The van der Waals surface area contributed by atoms with Crippen molar-refractivity contribution in [2.45, 2.75) is 65.3 Å². The lowest BCUT2D eigenvalue weighted by Crippen LogP contribution is -2.42. The summed E-state index contributed by atoms with van der Waals surface area (Å²) < 4.78 is 51.7. The van der Waals surface area contributed by atoms with Gasteiger partial charge in [-0.2, -0.15) is 13.2 Å². The third kappa shape index (κ3) is 5.76. The topological polar surface area (TPSA) is 80.0 Å². The number of ether oxygens (including phenoxy) is 1. The summed E-state index contributed by atoms with van der Waals surface area (Å²) in [5, 5.41) is 11.3. The first-order valence-corrected chi connectivity index (χ1v) is 13.8. The smallest absolute Gasteiger partial charge is 0.419 e. The van der Waals surface area contributed by atoms with Crippen LogP contribution in [0.4, 0.5) is 18.9 Å². The highest BCUT2D eigenvalue weighted by atomic mass is 19.4. The number of carboxylic acids is 1. The normalized spacial score (nSPS) is 17.7. The summed E-state index contributed by atoms with van der Waals surface area (Å²) in [7, 11) is 0. The van der Waals surface area contributed by atoms with Crippen molar-refractivity contribution in [2.75, 3.05) is 4.90 Å². The number of hydrogen-bond acceptors (Lipinski definition) is 4. The van der Waals surface area contributed by atoms with Gasteiger partial charge in [-0.15, -0.1) is 0 Å². The number of nitrogens with zero attached hydrogens (tertiary/aromatic N) is 1.